The van der Waals surface area contributed by atoms with Crippen LogP contribution in [0.3, 0.4) is 0 Å². The zero-order chi connectivity index (χ0) is 16.1. The zero-order valence-electron chi connectivity index (χ0n) is 16.1. The van der Waals surface area contributed by atoms with Gasteiger partial charge in [0.2, 0.25) is 0 Å². The van der Waals surface area contributed by atoms with Crippen LogP contribution in [0.2, 0.25) is 0 Å². The molecule has 22 heavy (non-hydrogen) atoms. The summed E-state index contributed by atoms with van der Waals surface area (Å²) in [7, 11) is 0. The van der Waals surface area contributed by atoms with E-state index in [0.717, 1.165) is 35.5 Å². The molecule has 0 saturated heterocycles. The molecule has 11 atom stereocenters. The Balaban J connectivity index is 1.82. The van der Waals surface area contributed by atoms with Crippen LogP contribution in [-0.2, 0) is 0 Å². The van der Waals surface area contributed by atoms with Gasteiger partial charge in [0.1, 0.15) is 0 Å². The lowest BCUT2D eigenvalue weighted by atomic mass is 9.33. The third-order valence-electron chi connectivity index (χ3n) is 12.5. The first kappa shape index (κ1) is 14.4. The third kappa shape index (κ3) is 0.817. The van der Waals surface area contributed by atoms with Gasteiger partial charge in [0.05, 0.1) is 0 Å². The summed E-state index contributed by atoms with van der Waals surface area (Å²) < 4.78 is 0. The Labute approximate surface area is 137 Å². The Morgan fingerprint density at radius 3 is 2.14 bits per heavy atom. The van der Waals surface area contributed by atoms with E-state index in [-0.39, 0.29) is 0 Å². The molecule has 6 aliphatic carbocycles. The van der Waals surface area contributed by atoms with E-state index in [9.17, 15) is 0 Å². The zero-order valence-corrected chi connectivity index (χ0v) is 16.1. The van der Waals surface area contributed by atoms with Gasteiger partial charge in [0.15, 0.2) is 0 Å². The molecule has 6 fully saturated rings. The maximum atomic E-state index is 2.74. The van der Waals surface area contributed by atoms with Gasteiger partial charge in [-0.1, -0.05) is 61.8 Å². The highest BCUT2D eigenvalue weighted by Crippen LogP contribution is 3.00. The average Bonchev–Trinajstić information content (AvgIpc) is 2.84. The molecule has 6 aliphatic rings. The second kappa shape index (κ2) is 3.23. The highest BCUT2D eigenvalue weighted by atomic mass is 15.0. The molecule has 0 nitrogen and oxygen atoms in total. The summed E-state index contributed by atoms with van der Waals surface area (Å²) in [5.74, 6) is 5.87. The molecule has 6 saturated carbocycles. The molecule has 0 N–H and O–H groups in total. The molecule has 0 aliphatic heterocycles. The molecular weight excluding hydrogens is 264 g/mol. The third-order valence-corrected chi connectivity index (χ3v) is 12.5. The van der Waals surface area contributed by atoms with Crippen molar-refractivity contribution >= 4 is 0 Å². The first-order valence-electron chi connectivity index (χ1n) is 10.1. The summed E-state index contributed by atoms with van der Waals surface area (Å²) in [6.07, 6.45) is 4.48. The average molecular weight is 301 g/mol. The molecule has 0 aromatic rings. The molecule has 0 spiro atoms. The van der Waals surface area contributed by atoms with Gasteiger partial charge < -0.3 is 0 Å². The van der Waals surface area contributed by atoms with Gasteiger partial charge in [0.25, 0.3) is 0 Å². The lowest BCUT2D eigenvalue weighted by molar-refractivity contribution is -0.241. The van der Waals surface area contributed by atoms with E-state index in [0.29, 0.717) is 27.1 Å². The van der Waals surface area contributed by atoms with Crippen LogP contribution in [-0.4, -0.2) is 0 Å². The minimum atomic E-state index is 0.578. The smallest absolute Gasteiger partial charge is 0.0170 e. The van der Waals surface area contributed by atoms with Crippen molar-refractivity contribution in [1.82, 2.24) is 0 Å². The Kier molecular flexibility index (Phi) is 2.11. The van der Waals surface area contributed by atoms with Crippen LogP contribution in [0, 0.1) is 62.6 Å². The van der Waals surface area contributed by atoms with Crippen molar-refractivity contribution in [3.05, 3.63) is 0 Å². The number of hydrogen-bond acceptors (Lipinski definition) is 0. The van der Waals surface area contributed by atoms with Crippen molar-refractivity contribution in [2.24, 2.45) is 62.6 Å². The minimum absolute atomic E-state index is 0.578. The molecule has 0 heteroatoms. The maximum absolute atomic E-state index is 2.74. The summed E-state index contributed by atoms with van der Waals surface area (Å²) in [6, 6.07) is 0. The van der Waals surface area contributed by atoms with Gasteiger partial charge in [-0.15, -0.1) is 0 Å². The van der Waals surface area contributed by atoms with Gasteiger partial charge >= 0.3 is 0 Å². The Hall–Kier alpha value is 0. The van der Waals surface area contributed by atoms with Crippen LogP contribution in [0.4, 0.5) is 0 Å². The fourth-order valence-corrected chi connectivity index (χ4v) is 11.3. The number of rotatable bonds is 1. The number of hydrogen-bond donors (Lipinski definition) is 0. The van der Waals surface area contributed by atoms with E-state index in [4.69, 9.17) is 0 Å². The topological polar surface area (TPSA) is 0 Å². The van der Waals surface area contributed by atoms with Crippen molar-refractivity contribution in [2.45, 2.75) is 74.7 Å². The lowest BCUT2D eigenvalue weighted by Crippen LogP contribution is -2.66. The van der Waals surface area contributed by atoms with E-state index in [1.165, 1.54) is 12.8 Å². The van der Waals surface area contributed by atoms with Gasteiger partial charge in [0, 0.05) is 0 Å². The first-order chi connectivity index (χ1) is 10.1. The van der Waals surface area contributed by atoms with Crippen LogP contribution in [0.25, 0.3) is 0 Å². The summed E-state index contributed by atoms with van der Waals surface area (Å²) in [6.45, 7) is 21.4. The van der Waals surface area contributed by atoms with Gasteiger partial charge in [-0.3, -0.25) is 0 Å². The van der Waals surface area contributed by atoms with E-state index in [1.807, 2.05) is 0 Å². The van der Waals surface area contributed by atoms with Crippen LogP contribution >= 0.6 is 0 Å². The molecule has 0 aromatic heterocycles. The molecule has 0 aromatic carbocycles. The number of fused-ring (bicyclic) bond motifs is 1. The lowest BCUT2D eigenvalue weighted by Gasteiger charge is -2.71. The molecule has 0 heterocycles. The van der Waals surface area contributed by atoms with Crippen LogP contribution in [0.15, 0.2) is 0 Å². The molecule has 11 unspecified atom stereocenters. The predicted octanol–water partition coefficient (Wildman–Crippen LogP) is 6.01. The van der Waals surface area contributed by atoms with E-state index < -0.39 is 0 Å². The SMILES string of the molecule is CCC1C2CC3C4C5(C)CC(C)(C5(C)C1C)C4(C)C3(C)C2C. The Morgan fingerprint density at radius 2 is 1.55 bits per heavy atom. The highest BCUT2D eigenvalue weighted by molar-refractivity contribution is 5.43. The monoisotopic (exact) mass is 300 g/mol. The van der Waals surface area contributed by atoms with Crippen molar-refractivity contribution in [2.75, 3.05) is 0 Å². The van der Waals surface area contributed by atoms with Crippen LogP contribution < -0.4 is 0 Å². The van der Waals surface area contributed by atoms with Gasteiger partial charge in [-0.05, 0) is 75.4 Å². The predicted molar refractivity (Wildman–Crippen MR) is 92.3 cm³/mol. The summed E-state index contributed by atoms with van der Waals surface area (Å²) >= 11 is 0. The van der Waals surface area contributed by atoms with Crippen molar-refractivity contribution < 1.29 is 0 Å². The van der Waals surface area contributed by atoms with Gasteiger partial charge in [-0.25, -0.2) is 0 Å². The fourth-order valence-electron chi connectivity index (χ4n) is 11.3. The molecule has 124 valence electrons. The fraction of sp³-hybridized carbons (Fsp3) is 1.00. The second-order valence-electron chi connectivity index (χ2n) is 11.2. The van der Waals surface area contributed by atoms with Crippen molar-refractivity contribution in [1.29, 1.82) is 0 Å². The Bertz CT molecular complexity index is 579. The van der Waals surface area contributed by atoms with Crippen LogP contribution in [0.1, 0.15) is 74.7 Å². The first-order valence-corrected chi connectivity index (χ1v) is 10.1. The largest absolute Gasteiger partial charge is 0.0651 e. The van der Waals surface area contributed by atoms with Gasteiger partial charge in [-0.2, -0.15) is 0 Å². The molecular formula is C22H36. The summed E-state index contributed by atoms with van der Waals surface area (Å²) in [5.41, 5.74) is 3.02. The van der Waals surface area contributed by atoms with E-state index >= 15 is 0 Å². The normalized spacial score (nSPS) is 76.9. The quantitative estimate of drug-likeness (QED) is 0.556. The molecule has 6 rings (SSSR count). The minimum Gasteiger partial charge on any atom is -0.0651 e. The second-order valence-corrected chi connectivity index (χ2v) is 11.2. The highest BCUT2D eigenvalue weighted by Gasteiger charge is 2.96. The summed E-state index contributed by atoms with van der Waals surface area (Å²) in [4.78, 5) is 0. The van der Waals surface area contributed by atoms with E-state index in [2.05, 4.69) is 55.4 Å². The molecule has 0 amide bonds. The maximum Gasteiger partial charge on any atom is -0.0170 e. The summed E-state index contributed by atoms with van der Waals surface area (Å²) in [5, 5.41) is 0. The standard InChI is InChI=1S/C22H36/c1-9-14-13(3)21(7)18(4)11-19(21,5)22(8)17(18)16-10-15(14)12(2)20(16,22)6/h12-17H,9-11H2,1-8H3. The Morgan fingerprint density at radius 1 is 0.909 bits per heavy atom. The molecule has 0 radical (unpaired) electrons. The van der Waals surface area contributed by atoms with E-state index in [1.54, 1.807) is 6.42 Å². The van der Waals surface area contributed by atoms with Crippen molar-refractivity contribution in [3.63, 3.8) is 0 Å². The van der Waals surface area contributed by atoms with Crippen molar-refractivity contribution in [3.8, 4) is 0 Å². The molecule has 8 bridgehead atoms. The van der Waals surface area contributed by atoms with Crippen LogP contribution in [0.5, 0.6) is 0 Å².